The fourth-order valence-corrected chi connectivity index (χ4v) is 10.3. The lowest BCUT2D eigenvalue weighted by Gasteiger charge is -2.19. The molecule has 3 heteroatoms. The Morgan fingerprint density at radius 1 is 0.379 bits per heavy atom. The van der Waals surface area contributed by atoms with Crippen LogP contribution in [0.4, 0.5) is 0 Å². The molecule has 12 rings (SSSR count). The predicted octanol–water partition coefficient (Wildman–Crippen LogP) is 15.5. The molecule has 2 heterocycles. The Morgan fingerprint density at radius 2 is 1.03 bits per heavy atom. The summed E-state index contributed by atoms with van der Waals surface area (Å²) in [5.74, 6) is 0.927. The van der Waals surface area contributed by atoms with E-state index >= 15 is 0 Å². The molecule has 0 aliphatic rings. The monoisotopic (exact) mass is 754 g/mol. The Labute approximate surface area is 339 Å². The molecule has 0 saturated carbocycles. The average Bonchev–Trinajstić information content (AvgIpc) is 3.88. The minimum Gasteiger partial charge on any atom is -0.292 e. The zero-order chi connectivity index (χ0) is 38.2. The summed E-state index contributed by atoms with van der Waals surface area (Å²) < 4.78 is 4.93. The molecule has 0 saturated heterocycles. The number of aromatic nitrogens is 2. The molecule has 0 aliphatic heterocycles. The molecule has 12 aromatic rings. The number of hydrogen-bond donors (Lipinski definition) is 0. The Hall–Kier alpha value is -7.33. The van der Waals surface area contributed by atoms with Crippen LogP contribution < -0.4 is 0 Å². The van der Waals surface area contributed by atoms with E-state index in [0.29, 0.717) is 0 Å². The van der Waals surface area contributed by atoms with Crippen LogP contribution in [0.1, 0.15) is 0 Å². The molecule has 0 unspecified atom stereocenters. The maximum absolute atomic E-state index is 5.23. The SMILES string of the molecule is c1ccc(-c2ccc3c(-c4ccc(-c5nc6ccccc6n5-c5ccc6ccccc6c5)cc4)c4ccccc4c(-c4cccc5sc6ccccc6c45)c3c2)cc1. The summed E-state index contributed by atoms with van der Waals surface area (Å²) in [4.78, 5) is 5.23. The number of hydrogen-bond acceptors (Lipinski definition) is 2. The molecule has 0 spiro atoms. The first-order valence-electron chi connectivity index (χ1n) is 19.8. The molecule has 0 bridgehead atoms. The summed E-state index contributed by atoms with van der Waals surface area (Å²) in [5.41, 5.74) is 11.6. The van der Waals surface area contributed by atoms with E-state index in [-0.39, 0.29) is 0 Å². The summed E-state index contributed by atoms with van der Waals surface area (Å²) in [5, 5.41) is 10.0. The van der Waals surface area contributed by atoms with Crippen molar-refractivity contribution in [1.82, 2.24) is 9.55 Å². The highest BCUT2D eigenvalue weighted by atomic mass is 32.1. The molecule has 0 amide bonds. The first kappa shape index (κ1) is 32.9. The number of rotatable bonds is 5. The number of nitrogens with zero attached hydrogens (tertiary/aromatic N) is 2. The summed E-state index contributed by atoms with van der Waals surface area (Å²) in [7, 11) is 0. The zero-order valence-corrected chi connectivity index (χ0v) is 32.2. The van der Waals surface area contributed by atoms with Gasteiger partial charge in [-0.15, -0.1) is 11.3 Å². The van der Waals surface area contributed by atoms with E-state index in [9.17, 15) is 0 Å². The van der Waals surface area contributed by atoms with Crippen LogP contribution in [0.2, 0.25) is 0 Å². The van der Waals surface area contributed by atoms with Crippen molar-refractivity contribution in [2.24, 2.45) is 0 Å². The molecule has 0 N–H and O–H groups in total. The highest BCUT2D eigenvalue weighted by molar-refractivity contribution is 7.26. The van der Waals surface area contributed by atoms with Gasteiger partial charge in [-0.1, -0.05) is 164 Å². The van der Waals surface area contributed by atoms with E-state index in [2.05, 4.69) is 211 Å². The first-order chi connectivity index (χ1) is 28.8. The lowest BCUT2D eigenvalue weighted by molar-refractivity contribution is 1.11. The van der Waals surface area contributed by atoms with Gasteiger partial charge in [0, 0.05) is 31.4 Å². The maximum Gasteiger partial charge on any atom is 0.145 e. The number of para-hydroxylation sites is 2. The molecule has 0 radical (unpaired) electrons. The second-order valence-electron chi connectivity index (χ2n) is 15.1. The minimum absolute atomic E-state index is 0.927. The summed E-state index contributed by atoms with van der Waals surface area (Å²) in [6.07, 6.45) is 0. The fraction of sp³-hybridized carbons (Fsp3) is 0. The molecular weight excluding hydrogens is 721 g/mol. The molecule has 270 valence electrons. The van der Waals surface area contributed by atoms with Crippen LogP contribution in [0.5, 0.6) is 0 Å². The van der Waals surface area contributed by atoms with Crippen molar-refractivity contribution < 1.29 is 0 Å². The Bertz CT molecular complexity index is 3560. The molecule has 0 atom stereocenters. The molecule has 0 fully saturated rings. The number of thiophene rings is 1. The quantitative estimate of drug-likeness (QED) is 0.160. The van der Waals surface area contributed by atoms with Crippen molar-refractivity contribution in [3.05, 3.63) is 206 Å². The average molecular weight is 755 g/mol. The van der Waals surface area contributed by atoms with Crippen molar-refractivity contribution in [2.45, 2.75) is 0 Å². The number of benzene rings is 10. The Kier molecular flexibility index (Phi) is 7.44. The van der Waals surface area contributed by atoms with Gasteiger partial charge in [-0.05, 0) is 108 Å². The third kappa shape index (κ3) is 5.14. The molecule has 2 aromatic heterocycles. The van der Waals surface area contributed by atoms with Crippen LogP contribution in [0.3, 0.4) is 0 Å². The smallest absolute Gasteiger partial charge is 0.145 e. The standard InChI is InChI=1S/C55H34N2S/c1-2-13-35(14-3-1)40-30-32-44-47(34-40)53(46-20-12-24-51-54(46)45-19-8-11-23-50(45)58-51)43-18-7-6-17-42(43)52(44)37-25-27-38(28-26-37)55-56-48-21-9-10-22-49(48)57(55)41-31-29-36-15-4-5-16-39(36)33-41/h1-34H. The maximum atomic E-state index is 5.23. The normalized spacial score (nSPS) is 11.8. The van der Waals surface area contributed by atoms with Crippen LogP contribution >= 0.6 is 11.3 Å². The van der Waals surface area contributed by atoms with Gasteiger partial charge >= 0.3 is 0 Å². The first-order valence-corrected chi connectivity index (χ1v) is 20.6. The van der Waals surface area contributed by atoms with E-state index in [1.54, 1.807) is 0 Å². The predicted molar refractivity (Wildman–Crippen MR) is 248 cm³/mol. The van der Waals surface area contributed by atoms with Gasteiger partial charge in [0.05, 0.1) is 11.0 Å². The second-order valence-corrected chi connectivity index (χ2v) is 16.2. The van der Waals surface area contributed by atoms with Gasteiger partial charge in [-0.2, -0.15) is 0 Å². The number of imidazole rings is 1. The molecule has 2 nitrogen and oxygen atoms in total. The lowest BCUT2D eigenvalue weighted by Crippen LogP contribution is -1.98. The Balaban J connectivity index is 1.10. The third-order valence-corrected chi connectivity index (χ3v) is 12.9. The summed E-state index contributed by atoms with van der Waals surface area (Å²) in [6.45, 7) is 0. The third-order valence-electron chi connectivity index (χ3n) is 11.8. The van der Waals surface area contributed by atoms with Crippen molar-refractivity contribution in [3.63, 3.8) is 0 Å². The van der Waals surface area contributed by atoms with Crippen LogP contribution in [0.15, 0.2) is 206 Å². The van der Waals surface area contributed by atoms with Gasteiger partial charge in [0.15, 0.2) is 0 Å². The van der Waals surface area contributed by atoms with Gasteiger partial charge in [0.1, 0.15) is 5.82 Å². The van der Waals surface area contributed by atoms with Gasteiger partial charge in [-0.3, -0.25) is 4.57 Å². The van der Waals surface area contributed by atoms with E-state index in [1.165, 1.54) is 85.9 Å². The molecule has 0 aliphatic carbocycles. The van der Waals surface area contributed by atoms with Crippen molar-refractivity contribution in [1.29, 1.82) is 0 Å². The summed E-state index contributed by atoms with van der Waals surface area (Å²) in [6, 6.07) is 75.2. The fourth-order valence-electron chi connectivity index (χ4n) is 9.16. The number of fused-ring (bicyclic) bond motifs is 7. The van der Waals surface area contributed by atoms with E-state index in [0.717, 1.165) is 28.1 Å². The van der Waals surface area contributed by atoms with E-state index in [4.69, 9.17) is 4.98 Å². The van der Waals surface area contributed by atoms with Crippen LogP contribution in [-0.4, -0.2) is 9.55 Å². The van der Waals surface area contributed by atoms with Gasteiger partial charge in [0.25, 0.3) is 0 Å². The minimum atomic E-state index is 0.927. The largest absolute Gasteiger partial charge is 0.292 e. The van der Waals surface area contributed by atoms with E-state index in [1.807, 2.05) is 11.3 Å². The summed E-state index contributed by atoms with van der Waals surface area (Å²) >= 11 is 1.87. The highest BCUT2D eigenvalue weighted by Gasteiger charge is 2.21. The topological polar surface area (TPSA) is 17.8 Å². The van der Waals surface area contributed by atoms with Crippen molar-refractivity contribution in [3.8, 4) is 50.5 Å². The zero-order valence-electron chi connectivity index (χ0n) is 31.4. The lowest BCUT2D eigenvalue weighted by atomic mass is 9.84. The van der Waals surface area contributed by atoms with Gasteiger partial charge < -0.3 is 0 Å². The van der Waals surface area contributed by atoms with Crippen LogP contribution in [0, 0.1) is 0 Å². The van der Waals surface area contributed by atoms with Gasteiger partial charge in [0.2, 0.25) is 0 Å². The second kappa shape index (κ2) is 13.1. The van der Waals surface area contributed by atoms with Crippen molar-refractivity contribution >= 4 is 74.9 Å². The van der Waals surface area contributed by atoms with E-state index < -0.39 is 0 Å². The Morgan fingerprint density at radius 3 is 1.90 bits per heavy atom. The van der Waals surface area contributed by atoms with Crippen LogP contribution in [0.25, 0.3) is 114 Å². The molecule has 10 aromatic carbocycles. The van der Waals surface area contributed by atoms with Gasteiger partial charge in [-0.25, -0.2) is 4.98 Å². The van der Waals surface area contributed by atoms with Crippen LogP contribution in [-0.2, 0) is 0 Å². The molecular formula is C55H34N2S. The molecule has 58 heavy (non-hydrogen) atoms. The highest BCUT2D eigenvalue weighted by Crippen LogP contribution is 2.48. The van der Waals surface area contributed by atoms with Crippen molar-refractivity contribution in [2.75, 3.05) is 0 Å².